The fourth-order valence-corrected chi connectivity index (χ4v) is 6.71. The van der Waals surface area contributed by atoms with E-state index in [0.717, 1.165) is 6.42 Å². The number of hydrogen-bond donors (Lipinski definition) is 0. The maximum absolute atomic E-state index is 3.84. The Labute approximate surface area is 117 Å². The van der Waals surface area contributed by atoms with Crippen molar-refractivity contribution in [3.63, 3.8) is 0 Å². The SMILES string of the molecule is [CH2]CC(C(Br)(Br)Br)C(Br)(Br)Br. The van der Waals surface area contributed by atoms with Gasteiger partial charge in [0, 0.05) is 5.92 Å². The molecule has 0 aliphatic rings. The highest BCUT2D eigenvalue weighted by atomic mass is 80.0. The van der Waals surface area contributed by atoms with E-state index in [2.05, 4.69) is 103 Å². The average Bonchev–Trinajstić information content (AvgIpc) is 1.56. The number of hydrogen-bond acceptors (Lipinski definition) is 0. The zero-order valence-corrected chi connectivity index (χ0v) is 14.8. The average molecular weight is 545 g/mol. The molecular weight excluding hydrogens is 539 g/mol. The van der Waals surface area contributed by atoms with E-state index in [-0.39, 0.29) is 10.2 Å². The van der Waals surface area contributed by atoms with Crippen molar-refractivity contribution in [2.45, 2.75) is 10.7 Å². The van der Waals surface area contributed by atoms with Gasteiger partial charge in [-0.2, -0.15) is 0 Å². The minimum absolute atomic E-state index is 0.204. The second-order valence-corrected chi connectivity index (χ2v) is 15.8. The summed E-state index contributed by atoms with van der Waals surface area (Å²) in [6.45, 7) is 3.84. The van der Waals surface area contributed by atoms with Gasteiger partial charge >= 0.3 is 0 Å². The first-order valence-electron chi connectivity index (χ1n) is 2.62. The predicted molar refractivity (Wildman–Crippen MR) is 72.5 cm³/mol. The highest BCUT2D eigenvalue weighted by Crippen LogP contribution is 2.55. The van der Waals surface area contributed by atoms with Crippen molar-refractivity contribution in [1.82, 2.24) is 0 Å². The molecule has 0 aliphatic carbocycles. The van der Waals surface area contributed by atoms with Crippen molar-refractivity contribution in [3.8, 4) is 0 Å². The lowest BCUT2D eigenvalue weighted by atomic mass is 10.2. The van der Waals surface area contributed by atoms with Crippen LogP contribution in [0.5, 0.6) is 0 Å². The fraction of sp³-hybridized carbons (Fsp3) is 0.800. The van der Waals surface area contributed by atoms with Gasteiger partial charge in [0.15, 0.2) is 0 Å². The van der Waals surface area contributed by atoms with Crippen molar-refractivity contribution >= 4 is 95.6 Å². The van der Waals surface area contributed by atoms with Crippen molar-refractivity contribution in [2.75, 3.05) is 0 Å². The monoisotopic (exact) mass is 539 g/mol. The van der Waals surface area contributed by atoms with Crippen LogP contribution in [0.4, 0.5) is 0 Å². The van der Waals surface area contributed by atoms with Crippen LogP contribution < -0.4 is 0 Å². The van der Waals surface area contributed by atoms with Crippen LogP contribution in [0.1, 0.15) is 6.42 Å². The first kappa shape index (κ1) is 13.9. The Balaban J connectivity index is 4.43. The third-order valence-corrected chi connectivity index (χ3v) is 4.39. The summed E-state index contributed by atoms with van der Waals surface area (Å²) in [4.78, 5) is 0. The molecule has 6 heteroatoms. The molecule has 0 aliphatic heterocycles. The van der Waals surface area contributed by atoms with Gasteiger partial charge in [-0.05, 0) is 6.42 Å². The highest BCUT2D eigenvalue weighted by molar-refractivity contribution is 9.40. The van der Waals surface area contributed by atoms with Crippen LogP contribution in [0.25, 0.3) is 0 Å². The first-order valence-corrected chi connectivity index (χ1v) is 7.38. The van der Waals surface area contributed by atoms with E-state index in [1.165, 1.54) is 0 Å². The summed E-state index contributed by atoms with van der Waals surface area (Å²) in [7, 11) is 0. The molecule has 0 nitrogen and oxygen atoms in total. The topological polar surface area (TPSA) is 0 Å². The summed E-state index contributed by atoms with van der Waals surface area (Å²) in [6, 6.07) is 0. The molecule has 0 heterocycles. The molecule has 1 radical (unpaired) electrons. The summed E-state index contributed by atoms with van der Waals surface area (Å²) >= 11 is 20.7. The van der Waals surface area contributed by atoms with Gasteiger partial charge < -0.3 is 0 Å². The summed E-state index contributed by atoms with van der Waals surface area (Å²) in [5.41, 5.74) is 0. The molecule has 0 aromatic heterocycles. The Hall–Kier alpha value is 2.88. The highest BCUT2D eigenvalue weighted by Gasteiger charge is 2.42. The predicted octanol–water partition coefficient (Wildman–Crippen LogP) is 5.50. The molecule has 0 aromatic rings. The minimum Gasteiger partial charge on any atom is -0.0595 e. The second-order valence-electron chi connectivity index (χ2n) is 1.92. The summed E-state index contributed by atoms with van der Waals surface area (Å²) in [5, 5.41) is 0. The molecule has 0 unspecified atom stereocenters. The number of alkyl halides is 6. The second kappa shape index (κ2) is 5.10. The van der Waals surface area contributed by atoms with E-state index in [1.807, 2.05) is 0 Å². The van der Waals surface area contributed by atoms with Crippen LogP contribution >= 0.6 is 95.6 Å². The molecule has 0 bridgehead atoms. The fourth-order valence-electron chi connectivity index (χ4n) is 0.513. The molecule has 0 rings (SSSR count). The lowest BCUT2D eigenvalue weighted by Crippen LogP contribution is -2.28. The molecule has 67 valence electrons. The van der Waals surface area contributed by atoms with Gasteiger partial charge in [0.25, 0.3) is 0 Å². The molecule has 0 saturated carbocycles. The van der Waals surface area contributed by atoms with Gasteiger partial charge in [-0.15, -0.1) is 0 Å². The largest absolute Gasteiger partial charge is 0.140 e. The number of halogens is 6. The van der Waals surface area contributed by atoms with Crippen LogP contribution in [-0.2, 0) is 0 Å². The Bertz CT molecular complexity index is 106. The Morgan fingerprint density at radius 3 is 1.18 bits per heavy atom. The Morgan fingerprint density at radius 2 is 1.18 bits per heavy atom. The van der Waals surface area contributed by atoms with E-state index in [4.69, 9.17) is 0 Å². The van der Waals surface area contributed by atoms with E-state index in [1.54, 1.807) is 0 Å². The summed E-state index contributed by atoms with van der Waals surface area (Å²) < 4.78 is -0.628. The van der Waals surface area contributed by atoms with Crippen LogP contribution in [0, 0.1) is 12.8 Å². The molecular formula is C5H5Br6. The Morgan fingerprint density at radius 1 is 0.909 bits per heavy atom. The van der Waals surface area contributed by atoms with Crippen molar-refractivity contribution in [1.29, 1.82) is 0 Å². The normalized spacial score (nSPS) is 14.2. The zero-order chi connectivity index (χ0) is 9.28. The molecule has 0 fully saturated rings. The summed E-state index contributed by atoms with van der Waals surface area (Å²) in [5.74, 6) is 0.204. The van der Waals surface area contributed by atoms with Gasteiger partial charge in [-0.3, -0.25) is 0 Å². The zero-order valence-electron chi connectivity index (χ0n) is 5.26. The van der Waals surface area contributed by atoms with Crippen LogP contribution in [0.3, 0.4) is 0 Å². The molecule has 0 amide bonds. The van der Waals surface area contributed by atoms with Crippen LogP contribution in [0.2, 0.25) is 0 Å². The van der Waals surface area contributed by atoms with Gasteiger partial charge in [0.1, 0.15) is 4.29 Å². The lowest BCUT2D eigenvalue weighted by molar-refractivity contribution is 0.623. The maximum Gasteiger partial charge on any atom is 0.140 e. The van der Waals surface area contributed by atoms with Crippen LogP contribution in [0.15, 0.2) is 0 Å². The van der Waals surface area contributed by atoms with E-state index in [0.29, 0.717) is 0 Å². The number of rotatable bonds is 1. The molecule has 0 saturated heterocycles. The van der Waals surface area contributed by atoms with Gasteiger partial charge in [0.2, 0.25) is 0 Å². The molecule has 0 spiro atoms. The van der Waals surface area contributed by atoms with Crippen LogP contribution in [-0.4, -0.2) is 4.29 Å². The smallest absolute Gasteiger partial charge is 0.0595 e. The van der Waals surface area contributed by atoms with Crippen molar-refractivity contribution in [3.05, 3.63) is 6.92 Å². The minimum atomic E-state index is -0.314. The molecule has 11 heavy (non-hydrogen) atoms. The maximum atomic E-state index is 3.84. The van der Waals surface area contributed by atoms with Crippen molar-refractivity contribution < 1.29 is 0 Å². The lowest BCUT2D eigenvalue weighted by Gasteiger charge is -2.31. The first-order chi connectivity index (χ1) is 4.69. The third kappa shape index (κ3) is 5.35. The standard InChI is InChI=1S/C5H5Br6/c1-2-3(4(6,7)8)5(9,10)11/h3H,1-2H2. The van der Waals surface area contributed by atoms with Crippen molar-refractivity contribution in [2.24, 2.45) is 5.92 Å². The van der Waals surface area contributed by atoms with E-state index >= 15 is 0 Å². The van der Waals surface area contributed by atoms with Gasteiger partial charge in [-0.25, -0.2) is 0 Å². The molecule has 0 aromatic carbocycles. The molecule has 0 N–H and O–H groups in total. The Kier molecular flexibility index (Phi) is 6.43. The van der Waals surface area contributed by atoms with Gasteiger partial charge in [-0.1, -0.05) is 103 Å². The van der Waals surface area contributed by atoms with Gasteiger partial charge in [0.05, 0.1) is 0 Å². The van der Waals surface area contributed by atoms with E-state index < -0.39 is 0 Å². The summed E-state index contributed by atoms with van der Waals surface area (Å²) in [6.07, 6.45) is 0.753. The molecule has 0 atom stereocenters. The third-order valence-electron chi connectivity index (χ3n) is 1.08. The quantitative estimate of drug-likeness (QED) is 0.383. The van der Waals surface area contributed by atoms with E-state index in [9.17, 15) is 0 Å².